The summed E-state index contributed by atoms with van der Waals surface area (Å²) in [7, 11) is 0. The Balaban J connectivity index is 1.63. The minimum Gasteiger partial charge on any atom is -0.550 e. The Morgan fingerprint density at radius 2 is 1.69 bits per heavy atom. The molecule has 136 valence electrons. The zero-order valence-corrected chi connectivity index (χ0v) is 14.7. The monoisotopic (exact) mass is 352 g/mol. The van der Waals surface area contributed by atoms with Gasteiger partial charge in [0, 0.05) is 23.5 Å². The van der Waals surface area contributed by atoms with Crippen LogP contribution in [0.4, 0.5) is 5.69 Å². The summed E-state index contributed by atoms with van der Waals surface area (Å²) < 4.78 is 5.79. The van der Waals surface area contributed by atoms with Crippen molar-refractivity contribution in [2.24, 2.45) is 11.8 Å². The van der Waals surface area contributed by atoms with Crippen LogP contribution in [0, 0.1) is 18.8 Å². The fourth-order valence-electron chi connectivity index (χ4n) is 3.38. The summed E-state index contributed by atoms with van der Waals surface area (Å²) in [5, 5.41) is 14.1. The molecule has 0 spiro atoms. The van der Waals surface area contributed by atoms with Crippen molar-refractivity contribution >= 4 is 17.6 Å². The Kier molecular flexibility index (Phi) is 5.56. The first-order valence-corrected chi connectivity index (χ1v) is 8.89. The molecule has 1 aliphatic carbocycles. The van der Waals surface area contributed by atoms with Crippen molar-refractivity contribution in [2.45, 2.75) is 32.6 Å². The van der Waals surface area contributed by atoms with Gasteiger partial charge in [0.15, 0.2) is 0 Å². The molecule has 0 bridgehead atoms. The van der Waals surface area contributed by atoms with Gasteiger partial charge in [0.05, 0.1) is 0 Å². The van der Waals surface area contributed by atoms with Crippen LogP contribution in [0.2, 0.25) is 0 Å². The molecule has 2 atom stereocenters. The van der Waals surface area contributed by atoms with E-state index in [0.717, 1.165) is 24.2 Å². The van der Waals surface area contributed by atoms with Gasteiger partial charge in [-0.15, -0.1) is 0 Å². The fraction of sp³-hybridized carbons (Fsp3) is 0.333. The van der Waals surface area contributed by atoms with Crippen molar-refractivity contribution in [2.75, 3.05) is 5.32 Å². The van der Waals surface area contributed by atoms with E-state index >= 15 is 0 Å². The van der Waals surface area contributed by atoms with Crippen LogP contribution in [0.25, 0.3) is 0 Å². The second-order valence-electron chi connectivity index (χ2n) is 6.75. The van der Waals surface area contributed by atoms with E-state index in [9.17, 15) is 14.7 Å². The molecule has 0 aliphatic heterocycles. The van der Waals surface area contributed by atoms with Crippen LogP contribution < -0.4 is 15.2 Å². The highest BCUT2D eigenvalue weighted by Crippen LogP contribution is 2.31. The predicted octanol–water partition coefficient (Wildman–Crippen LogP) is 3.28. The third-order valence-electron chi connectivity index (χ3n) is 4.75. The van der Waals surface area contributed by atoms with Crippen LogP contribution in [-0.4, -0.2) is 11.9 Å². The standard InChI is InChI=1S/C21H23NO4/c1-14-5-4-6-17(13-14)26-16-11-9-15(10-12-16)22-20(23)18-7-2-3-8-19(18)21(24)25/h4-6,9-13,18-19H,2-3,7-8H2,1H3,(H,22,23)(H,24,25)/p-1/t18-,19-/m1/s1. The lowest BCUT2D eigenvalue weighted by Gasteiger charge is -2.31. The van der Waals surface area contributed by atoms with Gasteiger partial charge < -0.3 is 20.0 Å². The van der Waals surface area contributed by atoms with Crippen molar-refractivity contribution in [1.29, 1.82) is 0 Å². The zero-order chi connectivity index (χ0) is 18.5. The number of rotatable bonds is 5. The number of hydrogen-bond donors (Lipinski definition) is 1. The van der Waals surface area contributed by atoms with Gasteiger partial charge in [-0.3, -0.25) is 4.79 Å². The number of aliphatic carboxylic acids is 1. The number of carbonyl (C=O) groups excluding carboxylic acids is 2. The molecule has 0 heterocycles. The number of hydrogen-bond acceptors (Lipinski definition) is 4. The Labute approximate surface area is 153 Å². The van der Waals surface area contributed by atoms with Gasteiger partial charge >= 0.3 is 0 Å². The number of nitrogens with one attached hydrogen (secondary N) is 1. The van der Waals surface area contributed by atoms with E-state index < -0.39 is 17.8 Å². The summed E-state index contributed by atoms with van der Waals surface area (Å²) in [6.07, 6.45) is 2.78. The van der Waals surface area contributed by atoms with Gasteiger partial charge in [0.1, 0.15) is 11.5 Å². The molecule has 1 N–H and O–H groups in total. The number of carbonyl (C=O) groups is 2. The van der Waals surface area contributed by atoms with Gasteiger partial charge in [0.2, 0.25) is 5.91 Å². The third-order valence-corrected chi connectivity index (χ3v) is 4.75. The molecule has 0 aromatic heterocycles. The number of anilines is 1. The molecule has 5 nitrogen and oxygen atoms in total. The molecule has 1 fully saturated rings. The molecule has 2 aromatic rings. The second kappa shape index (κ2) is 8.04. The summed E-state index contributed by atoms with van der Waals surface area (Å²) in [6, 6.07) is 14.8. The summed E-state index contributed by atoms with van der Waals surface area (Å²) in [6.45, 7) is 2.00. The molecule has 1 amide bonds. The first-order chi connectivity index (χ1) is 12.5. The van der Waals surface area contributed by atoms with E-state index in [0.29, 0.717) is 24.3 Å². The Morgan fingerprint density at radius 1 is 1.00 bits per heavy atom. The molecule has 1 saturated carbocycles. The minimum atomic E-state index is -1.13. The molecule has 1 aliphatic rings. The maximum absolute atomic E-state index is 12.5. The van der Waals surface area contributed by atoms with E-state index in [1.165, 1.54) is 0 Å². The van der Waals surface area contributed by atoms with Crippen LogP contribution in [0.1, 0.15) is 31.2 Å². The molecule has 26 heavy (non-hydrogen) atoms. The molecule has 2 aromatic carbocycles. The largest absolute Gasteiger partial charge is 0.550 e. The zero-order valence-electron chi connectivity index (χ0n) is 14.7. The van der Waals surface area contributed by atoms with Crippen molar-refractivity contribution < 1.29 is 19.4 Å². The molecular formula is C21H22NO4-. The number of carboxylic acids is 1. The van der Waals surface area contributed by atoms with E-state index in [1.54, 1.807) is 24.3 Å². The summed E-state index contributed by atoms with van der Waals surface area (Å²) in [5.74, 6) is -1.21. The predicted molar refractivity (Wildman–Crippen MR) is 96.8 cm³/mol. The third kappa shape index (κ3) is 4.42. The van der Waals surface area contributed by atoms with Crippen LogP contribution in [-0.2, 0) is 9.59 Å². The van der Waals surface area contributed by atoms with Crippen LogP contribution >= 0.6 is 0 Å². The molecule has 0 unspecified atom stereocenters. The van der Waals surface area contributed by atoms with Crippen LogP contribution in [0.5, 0.6) is 11.5 Å². The smallest absolute Gasteiger partial charge is 0.228 e. The lowest BCUT2D eigenvalue weighted by molar-refractivity contribution is -0.313. The average Bonchev–Trinajstić information content (AvgIpc) is 2.63. The van der Waals surface area contributed by atoms with Gasteiger partial charge in [-0.25, -0.2) is 0 Å². The van der Waals surface area contributed by atoms with Gasteiger partial charge in [-0.1, -0.05) is 25.0 Å². The molecule has 0 radical (unpaired) electrons. The van der Waals surface area contributed by atoms with Crippen molar-refractivity contribution in [3.63, 3.8) is 0 Å². The Morgan fingerprint density at radius 3 is 2.35 bits per heavy atom. The lowest BCUT2D eigenvalue weighted by Crippen LogP contribution is -2.42. The van der Waals surface area contributed by atoms with E-state index in [4.69, 9.17) is 4.74 Å². The van der Waals surface area contributed by atoms with Crippen molar-refractivity contribution in [1.82, 2.24) is 0 Å². The summed E-state index contributed by atoms with van der Waals surface area (Å²) in [4.78, 5) is 23.7. The van der Waals surface area contributed by atoms with Gasteiger partial charge in [0.25, 0.3) is 0 Å². The molecular weight excluding hydrogens is 330 g/mol. The van der Waals surface area contributed by atoms with Gasteiger partial charge in [-0.2, -0.15) is 0 Å². The topological polar surface area (TPSA) is 78.5 Å². The second-order valence-corrected chi connectivity index (χ2v) is 6.75. The maximum Gasteiger partial charge on any atom is 0.228 e. The Hall–Kier alpha value is -2.82. The fourth-order valence-corrected chi connectivity index (χ4v) is 3.38. The first-order valence-electron chi connectivity index (χ1n) is 8.89. The highest BCUT2D eigenvalue weighted by Gasteiger charge is 2.31. The lowest BCUT2D eigenvalue weighted by atomic mass is 9.78. The van der Waals surface area contributed by atoms with Crippen LogP contribution in [0.3, 0.4) is 0 Å². The van der Waals surface area contributed by atoms with Crippen molar-refractivity contribution in [3.8, 4) is 11.5 Å². The number of ether oxygens (including phenoxy) is 1. The highest BCUT2D eigenvalue weighted by molar-refractivity contribution is 5.95. The van der Waals surface area contributed by atoms with Crippen LogP contribution in [0.15, 0.2) is 48.5 Å². The molecule has 3 rings (SSSR count). The Bertz CT molecular complexity index is 785. The highest BCUT2D eigenvalue weighted by atomic mass is 16.5. The number of aryl methyl sites for hydroxylation is 1. The van der Waals surface area contributed by atoms with E-state index in [-0.39, 0.29) is 5.91 Å². The average molecular weight is 352 g/mol. The number of benzene rings is 2. The molecule has 0 saturated heterocycles. The SMILES string of the molecule is Cc1cccc(Oc2ccc(NC(=O)[C@@H]3CCCC[C@H]3C(=O)[O-])cc2)c1. The first kappa shape index (κ1) is 18.0. The summed E-state index contributed by atoms with van der Waals surface area (Å²) in [5.41, 5.74) is 1.73. The quantitative estimate of drug-likeness (QED) is 0.896. The minimum absolute atomic E-state index is 0.258. The maximum atomic E-state index is 12.5. The summed E-state index contributed by atoms with van der Waals surface area (Å²) >= 11 is 0. The van der Waals surface area contributed by atoms with Crippen molar-refractivity contribution in [3.05, 3.63) is 54.1 Å². The molecule has 5 heteroatoms. The van der Waals surface area contributed by atoms with E-state index in [1.807, 2.05) is 31.2 Å². The normalized spacial score (nSPS) is 19.6. The van der Waals surface area contributed by atoms with E-state index in [2.05, 4.69) is 5.32 Å². The number of carboxylic acid groups (broad SMARTS) is 1. The number of amides is 1. The van der Waals surface area contributed by atoms with Gasteiger partial charge in [-0.05, 0) is 61.7 Å².